The number of imide groups is 1. The Morgan fingerprint density at radius 3 is 2.50 bits per heavy atom. The van der Waals surface area contributed by atoms with Gasteiger partial charge in [0.05, 0.1) is 11.3 Å². The van der Waals surface area contributed by atoms with Gasteiger partial charge in [-0.15, -0.1) is 10.2 Å². The lowest BCUT2D eigenvalue weighted by molar-refractivity contribution is -0.384. The van der Waals surface area contributed by atoms with Crippen molar-refractivity contribution in [2.24, 2.45) is 4.99 Å². The third-order valence-corrected chi connectivity index (χ3v) is 6.50. The number of fused-ring (bicyclic) bond motifs is 1. The number of aromatic amines is 1. The number of carbonyl (C=O) groups excluding carboxylic acids is 2. The lowest BCUT2D eigenvalue weighted by Crippen LogP contribution is -2.73. The minimum Gasteiger partial charge on any atom is -0.296 e. The van der Waals surface area contributed by atoms with Gasteiger partial charge < -0.3 is 0 Å². The van der Waals surface area contributed by atoms with Crippen LogP contribution in [0.15, 0.2) is 29.3 Å². The number of aliphatic imine (C=N–C) groups is 1. The third-order valence-electron chi connectivity index (χ3n) is 6.50. The van der Waals surface area contributed by atoms with Crippen molar-refractivity contribution in [3.05, 3.63) is 45.8 Å². The molecule has 4 rings (SSSR count). The van der Waals surface area contributed by atoms with Gasteiger partial charge in [0, 0.05) is 31.8 Å². The largest absolute Gasteiger partial charge is 0.328 e. The van der Waals surface area contributed by atoms with E-state index in [2.05, 4.69) is 26.0 Å². The Bertz CT molecular complexity index is 1140. The number of hydrazine groups is 1. The first-order valence-corrected chi connectivity index (χ1v) is 12.1. The Labute approximate surface area is 207 Å². The van der Waals surface area contributed by atoms with Crippen LogP contribution in [0.1, 0.15) is 45.0 Å². The van der Waals surface area contributed by atoms with Gasteiger partial charge >= 0.3 is 6.03 Å². The number of non-ortho nitro benzene ring substituents is 1. The first-order valence-electron chi connectivity index (χ1n) is 12.1. The molecule has 2 aliphatic rings. The number of urea groups is 1. The van der Waals surface area contributed by atoms with Crippen LogP contribution in [0, 0.1) is 10.1 Å². The molecule has 2 N–H and O–H groups in total. The summed E-state index contributed by atoms with van der Waals surface area (Å²) < 4.78 is 0. The number of H-pyrrole nitrogens is 1. The molecule has 3 heterocycles. The summed E-state index contributed by atoms with van der Waals surface area (Å²) in [6.45, 7) is 6.87. The molecule has 14 heteroatoms. The van der Waals surface area contributed by atoms with Gasteiger partial charge in [-0.2, -0.15) is 5.21 Å². The molecular formula is C22H30N10O4. The van der Waals surface area contributed by atoms with Crippen LogP contribution in [0.2, 0.25) is 0 Å². The van der Waals surface area contributed by atoms with E-state index in [0.717, 1.165) is 5.56 Å². The Balaban J connectivity index is 1.71. The molecule has 1 aromatic carbocycles. The van der Waals surface area contributed by atoms with E-state index in [4.69, 9.17) is 4.99 Å². The number of hydrogen-bond acceptors (Lipinski definition) is 10. The van der Waals surface area contributed by atoms with Gasteiger partial charge in [-0.25, -0.2) is 15.2 Å². The van der Waals surface area contributed by atoms with E-state index in [1.54, 1.807) is 22.0 Å². The predicted octanol–water partition coefficient (Wildman–Crippen LogP) is 1.28. The van der Waals surface area contributed by atoms with Crippen molar-refractivity contribution in [1.82, 2.24) is 40.9 Å². The second kappa shape index (κ2) is 10.4. The lowest BCUT2D eigenvalue weighted by Gasteiger charge is -2.50. The smallest absolute Gasteiger partial charge is 0.296 e. The zero-order valence-electron chi connectivity index (χ0n) is 20.5. The van der Waals surface area contributed by atoms with Crippen LogP contribution in [0.3, 0.4) is 0 Å². The van der Waals surface area contributed by atoms with Crippen molar-refractivity contribution in [1.29, 1.82) is 0 Å². The molecule has 0 saturated carbocycles. The lowest BCUT2D eigenvalue weighted by atomic mass is 9.91. The third kappa shape index (κ3) is 4.39. The van der Waals surface area contributed by atoms with E-state index in [9.17, 15) is 19.7 Å². The number of nitrogens with zero attached hydrogens (tertiary/aromatic N) is 8. The number of carbonyl (C=O) groups is 2. The summed E-state index contributed by atoms with van der Waals surface area (Å²) in [6.07, 6.45) is 1.71. The summed E-state index contributed by atoms with van der Waals surface area (Å²) >= 11 is 0. The van der Waals surface area contributed by atoms with Crippen molar-refractivity contribution in [2.75, 3.05) is 19.6 Å². The van der Waals surface area contributed by atoms with Gasteiger partial charge in [-0.3, -0.25) is 29.7 Å². The Kier molecular flexibility index (Phi) is 7.24. The number of nitro groups is 1. The van der Waals surface area contributed by atoms with E-state index in [-0.39, 0.29) is 30.6 Å². The van der Waals surface area contributed by atoms with Crippen LogP contribution in [0.25, 0.3) is 0 Å². The quantitative estimate of drug-likeness (QED) is 0.343. The molecule has 2 aliphatic heterocycles. The summed E-state index contributed by atoms with van der Waals surface area (Å²) in [5.74, 6) is 0.663. The number of tetrazole rings is 1. The van der Waals surface area contributed by atoms with Crippen LogP contribution in [0.4, 0.5) is 10.5 Å². The highest BCUT2D eigenvalue weighted by atomic mass is 16.6. The summed E-state index contributed by atoms with van der Waals surface area (Å²) in [5.41, 5.74) is 2.97. The maximum atomic E-state index is 13.7. The van der Waals surface area contributed by atoms with Crippen LogP contribution in [-0.2, 0) is 17.6 Å². The van der Waals surface area contributed by atoms with E-state index >= 15 is 0 Å². The monoisotopic (exact) mass is 498 g/mol. The molecule has 192 valence electrons. The van der Waals surface area contributed by atoms with Gasteiger partial charge in [0.1, 0.15) is 5.84 Å². The SMILES string of the molecule is CCCN1C(=O)C2N(NCC)C(Cc3nn[nH]n3)=NC2(CC)N(CCc2ccc([N+](=O)[O-])cc2)C1=O. The second-order valence-electron chi connectivity index (χ2n) is 8.65. The second-order valence-corrected chi connectivity index (χ2v) is 8.65. The molecule has 2 unspecified atom stereocenters. The molecule has 1 aromatic heterocycles. The summed E-state index contributed by atoms with van der Waals surface area (Å²) in [7, 11) is 0. The number of aromatic nitrogens is 4. The van der Waals surface area contributed by atoms with Crippen LogP contribution < -0.4 is 5.43 Å². The topological polar surface area (TPSA) is 166 Å². The van der Waals surface area contributed by atoms with Crippen LogP contribution in [0.5, 0.6) is 0 Å². The van der Waals surface area contributed by atoms with Gasteiger partial charge in [0.2, 0.25) is 0 Å². The first-order chi connectivity index (χ1) is 17.4. The van der Waals surface area contributed by atoms with E-state index in [1.807, 2.05) is 20.8 Å². The number of amidine groups is 1. The fraction of sp³-hybridized carbons (Fsp3) is 0.545. The normalized spacial score (nSPS) is 21.7. The molecule has 1 fully saturated rings. The summed E-state index contributed by atoms with van der Waals surface area (Å²) in [6, 6.07) is 5.11. The van der Waals surface area contributed by atoms with Crippen molar-refractivity contribution in [3.63, 3.8) is 0 Å². The summed E-state index contributed by atoms with van der Waals surface area (Å²) in [5, 5.41) is 26.8. The van der Waals surface area contributed by atoms with E-state index in [0.29, 0.717) is 44.0 Å². The molecule has 0 spiro atoms. The average molecular weight is 499 g/mol. The van der Waals surface area contributed by atoms with Crippen molar-refractivity contribution in [3.8, 4) is 0 Å². The fourth-order valence-electron chi connectivity index (χ4n) is 4.85. The first kappa shape index (κ1) is 25.2. The zero-order chi connectivity index (χ0) is 25.9. The average Bonchev–Trinajstić information content (AvgIpc) is 3.49. The molecule has 1 saturated heterocycles. The fourth-order valence-corrected chi connectivity index (χ4v) is 4.85. The molecule has 36 heavy (non-hydrogen) atoms. The number of hydrogen-bond donors (Lipinski definition) is 2. The number of rotatable bonds is 11. The molecular weight excluding hydrogens is 468 g/mol. The Morgan fingerprint density at radius 2 is 1.92 bits per heavy atom. The van der Waals surface area contributed by atoms with Crippen molar-refractivity contribution < 1.29 is 14.5 Å². The molecule has 0 aliphatic carbocycles. The standard InChI is InChI=1S/C22H30N10O4/c1-4-12-29-20(33)19-22(5-2,24-18(31(19)23-6-3)14-17-25-27-28-26-17)30(21(29)34)13-11-15-7-9-16(10-8-15)32(35)36/h7-10,19,23H,4-6,11-14H2,1-3H3,(H,25,26,27,28). The Morgan fingerprint density at radius 1 is 1.17 bits per heavy atom. The van der Waals surface area contributed by atoms with Gasteiger partial charge in [0.25, 0.3) is 11.6 Å². The maximum absolute atomic E-state index is 13.7. The van der Waals surface area contributed by atoms with E-state index < -0.39 is 16.6 Å². The van der Waals surface area contributed by atoms with Gasteiger partial charge in [-0.1, -0.05) is 38.1 Å². The molecule has 2 aromatic rings. The Hall–Kier alpha value is -3.94. The van der Waals surface area contributed by atoms with Crippen molar-refractivity contribution in [2.45, 2.75) is 58.2 Å². The molecule has 0 radical (unpaired) electrons. The number of amides is 3. The highest BCUT2D eigenvalue weighted by molar-refractivity contribution is 6.05. The zero-order valence-corrected chi connectivity index (χ0v) is 20.5. The summed E-state index contributed by atoms with van der Waals surface area (Å²) in [4.78, 5) is 45.9. The maximum Gasteiger partial charge on any atom is 0.328 e. The van der Waals surface area contributed by atoms with Crippen LogP contribution in [-0.4, -0.2) is 89.5 Å². The molecule has 0 bridgehead atoms. The van der Waals surface area contributed by atoms with Gasteiger partial charge in [-0.05, 0) is 24.8 Å². The number of nitro benzene ring substituents is 1. The highest BCUT2D eigenvalue weighted by Gasteiger charge is 2.62. The minimum absolute atomic E-state index is 0.00499. The number of benzene rings is 1. The molecule has 2 atom stereocenters. The molecule has 3 amide bonds. The van der Waals surface area contributed by atoms with Crippen LogP contribution >= 0.6 is 0 Å². The highest BCUT2D eigenvalue weighted by Crippen LogP contribution is 2.40. The predicted molar refractivity (Wildman–Crippen MR) is 129 cm³/mol. The number of nitrogens with one attached hydrogen (secondary N) is 2. The van der Waals surface area contributed by atoms with Gasteiger partial charge in [0.15, 0.2) is 17.5 Å². The van der Waals surface area contributed by atoms with E-state index in [1.165, 1.54) is 17.0 Å². The minimum atomic E-state index is -1.12. The molecule has 14 nitrogen and oxygen atoms in total. The van der Waals surface area contributed by atoms with Crippen molar-refractivity contribution >= 4 is 23.5 Å².